The number of piperidine rings is 1. The van der Waals surface area contributed by atoms with Crippen molar-refractivity contribution in [2.45, 2.75) is 38.0 Å². The topological polar surface area (TPSA) is 55.9 Å². The maximum Gasteiger partial charge on any atom is 0.405 e. The van der Waals surface area contributed by atoms with Crippen molar-refractivity contribution in [1.82, 2.24) is 20.0 Å². The summed E-state index contributed by atoms with van der Waals surface area (Å²) < 4.78 is 36.4. The molecule has 0 aromatic carbocycles. The van der Waals surface area contributed by atoms with Crippen LogP contribution in [0.4, 0.5) is 18.0 Å². The molecule has 0 aliphatic carbocycles. The lowest BCUT2D eigenvalue weighted by Gasteiger charge is -2.38. The average Bonchev–Trinajstić information content (AvgIpc) is 2.83. The van der Waals surface area contributed by atoms with Gasteiger partial charge in [-0.1, -0.05) is 0 Å². The third-order valence-electron chi connectivity index (χ3n) is 4.58. The van der Waals surface area contributed by atoms with E-state index in [4.69, 9.17) is 0 Å². The zero-order chi connectivity index (χ0) is 17.2. The molecule has 2 saturated heterocycles. The smallest absolute Gasteiger partial charge is 0.346 e. The number of urea groups is 1. The lowest BCUT2D eigenvalue weighted by molar-refractivity contribution is -0.141. The van der Waals surface area contributed by atoms with Crippen LogP contribution in [0.5, 0.6) is 0 Å². The van der Waals surface area contributed by atoms with E-state index in [0.717, 1.165) is 19.4 Å². The van der Waals surface area contributed by atoms with Crippen LogP contribution in [0.25, 0.3) is 0 Å². The molecular weight excluding hydrogens is 313 g/mol. The molecule has 0 aromatic heterocycles. The first-order valence-corrected chi connectivity index (χ1v) is 7.79. The number of amides is 3. The highest BCUT2D eigenvalue weighted by atomic mass is 19.4. The second-order valence-corrected chi connectivity index (χ2v) is 6.17. The van der Waals surface area contributed by atoms with Crippen LogP contribution in [0.1, 0.15) is 19.8 Å². The minimum Gasteiger partial charge on any atom is -0.346 e. The van der Waals surface area contributed by atoms with Crippen molar-refractivity contribution in [2.75, 3.05) is 39.8 Å². The summed E-state index contributed by atoms with van der Waals surface area (Å²) >= 11 is 0. The first-order valence-electron chi connectivity index (χ1n) is 7.79. The van der Waals surface area contributed by atoms with E-state index in [0.29, 0.717) is 19.6 Å². The van der Waals surface area contributed by atoms with Crippen LogP contribution in [0, 0.1) is 0 Å². The standard InChI is InChI=1S/C14H23F3N4O2/c1-10(12(22)18-9-14(15,16)17)20-5-3-11(4-6-20)21-8-7-19(2)13(21)23/h10-11H,3-9H2,1-2H3,(H,18,22)/t10-/m0/s1. The van der Waals surface area contributed by atoms with Crippen molar-refractivity contribution in [1.29, 1.82) is 0 Å². The second-order valence-electron chi connectivity index (χ2n) is 6.17. The molecule has 9 heteroatoms. The monoisotopic (exact) mass is 336 g/mol. The summed E-state index contributed by atoms with van der Waals surface area (Å²) in [6.45, 7) is 2.93. The molecule has 132 valence electrons. The van der Waals surface area contributed by atoms with E-state index >= 15 is 0 Å². The predicted octanol–water partition coefficient (Wildman–Crippen LogP) is 0.885. The number of likely N-dealkylation sites (tertiary alicyclic amines) is 1. The van der Waals surface area contributed by atoms with E-state index in [1.54, 1.807) is 18.9 Å². The molecule has 0 radical (unpaired) electrons. The van der Waals surface area contributed by atoms with Gasteiger partial charge in [0, 0.05) is 39.3 Å². The molecule has 0 spiro atoms. The zero-order valence-corrected chi connectivity index (χ0v) is 13.4. The van der Waals surface area contributed by atoms with Gasteiger partial charge in [0.05, 0.1) is 6.04 Å². The Kier molecular flexibility index (Phi) is 5.38. The molecule has 2 aliphatic heterocycles. The minimum atomic E-state index is -4.40. The minimum absolute atomic E-state index is 0.0272. The van der Waals surface area contributed by atoms with Gasteiger partial charge in [0.2, 0.25) is 5.91 Å². The van der Waals surface area contributed by atoms with E-state index < -0.39 is 24.7 Å². The van der Waals surface area contributed by atoms with E-state index in [-0.39, 0.29) is 12.1 Å². The first-order chi connectivity index (χ1) is 10.7. The summed E-state index contributed by atoms with van der Waals surface area (Å²) in [5.41, 5.74) is 0. The van der Waals surface area contributed by atoms with Gasteiger partial charge in [-0.15, -0.1) is 0 Å². The van der Waals surface area contributed by atoms with Crippen LogP contribution in [-0.4, -0.2) is 84.7 Å². The van der Waals surface area contributed by atoms with Crippen LogP contribution in [-0.2, 0) is 4.79 Å². The number of rotatable bonds is 4. The summed E-state index contributed by atoms with van der Waals surface area (Å²) in [5, 5.41) is 1.92. The lowest BCUT2D eigenvalue weighted by atomic mass is 10.0. The van der Waals surface area contributed by atoms with Gasteiger partial charge in [0.15, 0.2) is 0 Å². The Bertz CT molecular complexity index is 450. The van der Waals surface area contributed by atoms with Crippen molar-refractivity contribution in [3.05, 3.63) is 0 Å². The Hall–Kier alpha value is -1.51. The number of halogens is 3. The van der Waals surface area contributed by atoms with E-state index in [1.807, 2.05) is 15.1 Å². The summed E-state index contributed by atoms with van der Waals surface area (Å²) in [6.07, 6.45) is -2.93. The van der Waals surface area contributed by atoms with E-state index in [2.05, 4.69) is 0 Å². The van der Waals surface area contributed by atoms with Crippen LogP contribution >= 0.6 is 0 Å². The quantitative estimate of drug-likeness (QED) is 0.829. The number of nitrogens with one attached hydrogen (secondary N) is 1. The number of carbonyl (C=O) groups is 2. The third kappa shape index (κ3) is 4.49. The SMILES string of the molecule is C[C@@H](C(=O)NCC(F)(F)F)N1CCC(N2CCN(C)C2=O)CC1. The predicted molar refractivity (Wildman–Crippen MR) is 77.9 cm³/mol. The molecular formula is C14H23F3N4O2. The molecule has 2 aliphatic rings. The van der Waals surface area contributed by atoms with Crippen molar-refractivity contribution >= 4 is 11.9 Å². The van der Waals surface area contributed by atoms with Crippen LogP contribution in [0.3, 0.4) is 0 Å². The van der Waals surface area contributed by atoms with Gasteiger partial charge in [0.1, 0.15) is 6.54 Å². The molecule has 0 saturated carbocycles. The van der Waals surface area contributed by atoms with Gasteiger partial charge in [-0.25, -0.2) is 4.79 Å². The average molecular weight is 336 g/mol. The fraction of sp³-hybridized carbons (Fsp3) is 0.857. The highest BCUT2D eigenvalue weighted by Gasteiger charge is 2.36. The molecule has 6 nitrogen and oxygen atoms in total. The molecule has 0 aromatic rings. The van der Waals surface area contributed by atoms with Crippen LogP contribution < -0.4 is 5.32 Å². The highest BCUT2D eigenvalue weighted by Crippen LogP contribution is 2.22. The first kappa shape index (κ1) is 17.8. The number of hydrogen-bond acceptors (Lipinski definition) is 3. The molecule has 0 unspecified atom stereocenters. The van der Waals surface area contributed by atoms with E-state index in [1.165, 1.54) is 0 Å². The number of likely N-dealkylation sites (N-methyl/N-ethyl adjacent to an activating group) is 1. The Labute approximate surface area is 133 Å². The van der Waals surface area contributed by atoms with Gasteiger partial charge in [-0.05, 0) is 19.8 Å². The molecule has 2 heterocycles. The van der Waals surface area contributed by atoms with Gasteiger partial charge in [-0.2, -0.15) is 13.2 Å². The van der Waals surface area contributed by atoms with Gasteiger partial charge in [0.25, 0.3) is 0 Å². The maximum atomic E-state index is 12.1. The maximum absolute atomic E-state index is 12.1. The zero-order valence-electron chi connectivity index (χ0n) is 13.4. The summed E-state index contributed by atoms with van der Waals surface area (Å²) in [6, 6.07) is -0.427. The fourth-order valence-corrected chi connectivity index (χ4v) is 3.09. The molecule has 2 fully saturated rings. The Morgan fingerprint density at radius 3 is 2.35 bits per heavy atom. The molecule has 1 atom stereocenters. The molecule has 3 amide bonds. The van der Waals surface area contributed by atoms with Crippen molar-refractivity contribution in [3.8, 4) is 0 Å². The van der Waals surface area contributed by atoms with Gasteiger partial charge < -0.3 is 15.1 Å². The van der Waals surface area contributed by atoms with Crippen molar-refractivity contribution < 1.29 is 22.8 Å². The van der Waals surface area contributed by atoms with Gasteiger partial charge in [-0.3, -0.25) is 9.69 Å². The van der Waals surface area contributed by atoms with Crippen molar-refractivity contribution in [2.24, 2.45) is 0 Å². The summed E-state index contributed by atoms with van der Waals surface area (Å²) in [5.74, 6) is -0.613. The third-order valence-corrected chi connectivity index (χ3v) is 4.58. The summed E-state index contributed by atoms with van der Waals surface area (Å²) in [4.78, 5) is 29.2. The number of hydrogen-bond donors (Lipinski definition) is 1. The fourth-order valence-electron chi connectivity index (χ4n) is 3.09. The van der Waals surface area contributed by atoms with Crippen LogP contribution in [0.15, 0.2) is 0 Å². The normalized spacial score (nSPS) is 22.6. The number of nitrogens with zero attached hydrogens (tertiary/aromatic N) is 3. The Balaban J connectivity index is 1.79. The Morgan fingerprint density at radius 1 is 1.26 bits per heavy atom. The largest absolute Gasteiger partial charge is 0.405 e. The van der Waals surface area contributed by atoms with Gasteiger partial charge >= 0.3 is 12.2 Å². The van der Waals surface area contributed by atoms with Crippen molar-refractivity contribution in [3.63, 3.8) is 0 Å². The highest BCUT2D eigenvalue weighted by molar-refractivity contribution is 5.81. The molecule has 23 heavy (non-hydrogen) atoms. The summed E-state index contributed by atoms with van der Waals surface area (Å²) in [7, 11) is 1.77. The lowest BCUT2D eigenvalue weighted by Crippen LogP contribution is -2.53. The molecule has 1 N–H and O–H groups in total. The molecule has 2 rings (SSSR count). The van der Waals surface area contributed by atoms with E-state index in [9.17, 15) is 22.8 Å². The Morgan fingerprint density at radius 2 is 1.87 bits per heavy atom. The number of alkyl halides is 3. The van der Waals surface area contributed by atoms with Crippen LogP contribution in [0.2, 0.25) is 0 Å². The second kappa shape index (κ2) is 6.94. The number of carbonyl (C=O) groups excluding carboxylic acids is 2. The molecule has 0 bridgehead atoms.